The second-order valence-corrected chi connectivity index (χ2v) is 15.1. The third kappa shape index (κ3) is 6.02. The number of hydrogen-bond donors (Lipinski definition) is 0. The van der Waals surface area contributed by atoms with E-state index in [-0.39, 0.29) is 25.7 Å². The van der Waals surface area contributed by atoms with Crippen LogP contribution in [0.15, 0.2) is 95.7 Å². The van der Waals surface area contributed by atoms with E-state index in [4.69, 9.17) is 8.53 Å². The first kappa shape index (κ1) is 23.7. The van der Waals surface area contributed by atoms with Crippen molar-refractivity contribution >= 4 is 35.2 Å². The molecule has 3 nitrogen and oxygen atoms in total. The number of benzene rings is 3. The van der Waals surface area contributed by atoms with Gasteiger partial charge >= 0.3 is 0 Å². The molecule has 0 bridgehead atoms. The molecule has 3 heterocycles. The fourth-order valence-electron chi connectivity index (χ4n) is 4.07. The molecular weight excluding hydrogens is 661 g/mol. The van der Waals surface area contributed by atoms with Gasteiger partial charge in [-0.1, -0.05) is 73.1 Å². The van der Waals surface area contributed by atoms with Gasteiger partial charge in [-0.2, -0.15) is 0 Å². The molecule has 0 spiro atoms. The molecule has 0 saturated heterocycles. The van der Waals surface area contributed by atoms with Gasteiger partial charge in [-0.3, -0.25) is 0 Å². The molecule has 0 unspecified atom stereocenters. The minimum Gasteiger partial charge on any atom is -0.501 e. The third-order valence-electron chi connectivity index (χ3n) is 6.13. The Hall–Kier alpha value is -3.37. The number of rotatable bonds is 3. The summed E-state index contributed by atoms with van der Waals surface area (Å²) in [5.41, 5.74) is 6.47. The van der Waals surface area contributed by atoms with Gasteiger partial charge in [-0.25, -0.2) is 0 Å². The summed E-state index contributed by atoms with van der Waals surface area (Å²) in [6.07, 6.45) is 3.29. The number of hydrogen-bond acceptors (Lipinski definition) is 3. The summed E-state index contributed by atoms with van der Waals surface area (Å²) in [5.74, 6) is 0. The zero-order chi connectivity index (χ0) is 28.5. The smallest absolute Gasteiger partial charge is 0.120 e. The van der Waals surface area contributed by atoms with E-state index in [2.05, 4.69) is 59.9 Å². The van der Waals surface area contributed by atoms with E-state index in [9.17, 15) is 0 Å². The Kier molecular flexibility index (Phi) is 7.22. The molecule has 0 amide bonds. The fourth-order valence-corrected chi connectivity index (χ4v) is 5.15. The molecule has 0 aliphatic carbocycles. The molecule has 0 saturated carbocycles. The standard InChI is InChI=1S/C21H20NOSi.C12H10N.Ir/c1-14-9-10-19(22-13-14)18-12-15(24(2,3)4)11-17-16-7-5-6-8-20(16)23-21(17)18;1-10-7-8-12(13-9-10)11-5-3-2-4-6-11;/h5-11,13H,1-4H3;2-5,7-9H,1H3;/q2*-1;/i1D3;;. The van der Waals surface area contributed by atoms with Crippen molar-refractivity contribution < 1.29 is 28.6 Å². The van der Waals surface area contributed by atoms with Crippen molar-refractivity contribution in [3.63, 3.8) is 0 Å². The molecule has 0 aliphatic heterocycles. The largest absolute Gasteiger partial charge is 0.501 e. The van der Waals surface area contributed by atoms with Crippen LogP contribution in [0.1, 0.15) is 15.2 Å². The molecule has 1 radical (unpaired) electrons. The van der Waals surface area contributed by atoms with Crippen LogP contribution in [-0.4, -0.2) is 18.0 Å². The number of fused-ring (bicyclic) bond motifs is 3. The predicted octanol–water partition coefficient (Wildman–Crippen LogP) is 8.16. The average molecular weight is 694 g/mol. The molecule has 0 fully saturated rings. The summed E-state index contributed by atoms with van der Waals surface area (Å²) in [6.45, 7) is 6.71. The minimum absolute atomic E-state index is 0. The van der Waals surface area contributed by atoms with Crippen molar-refractivity contribution in [2.75, 3.05) is 0 Å². The quantitative estimate of drug-likeness (QED) is 0.139. The Morgan fingerprint density at radius 2 is 1.53 bits per heavy atom. The molecule has 3 aromatic carbocycles. The Morgan fingerprint density at radius 1 is 0.816 bits per heavy atom. The molecule has 0 aliphatic rings. The van der Waals surface area contributed by atoms with E-state index in [0.717, 1.165) is 38.8 Å². The van der Waals surface area contributed by atoms with Gasteiger partial charge < -0.3 is 14.4 Å². The maximum atomic E-state index is 7.54. The zero-order valence-corrected chi connectivity index (χ0v) is 25.2. The van der Waals surface area contributed by atoms with Crippen molar-refractivity contribution in [1.29, 1.82) is 0 Å². The second kappa shape index (κ2) is 11.6. The number of furan rings is 1. The molecule has 193 valence electrons. The van der Waals surface area contributed by atoms with Gasteiger partial charge in [0.25, 0.3) is 0 Å². The SMILES string of the molecule is Cc1ccc(-c2[c-]cccc2)nc1.[2H]C([2H])([2H])c1ccc(-c2[c-]c([Si](C)(C)C)cc3c2oc2ccccc23)nc1.[Ir]. The topological polar surface area (TPSA) is 38.9 Å². The summed E-state index contributed by atoms with van der Waals surface area (Å²) in [5, 5.41) is 3.32. The van der Waals surface area contributed by atoms with E-state index in [1.54, 1.807) is 12.1 Å². The summed E-state index contributed by atoms with van der Waals surface area (Å²) in [4.78, 5) is 8.74. The van der Waals surface area contributed by atoms with Crippen molar-refractivity contribution in [2.24, 2.45) is 0 Å². The van der Waals surface area contributed by atoms with Gasteiger partial charge in [-0.05, 0) is 42.4 Å². The van der Waals surface area contributed by atoms with Crippen molar-refractivity contribution in [3.05, 3.63) is 115 Å². The van der Waals surface area contributed by atoms with Gasteiger partial charge in [0, 0.05) is 42.0 Å². The number of para-hydroxylation sites is 1. The van der Waals surface area contributed by atoms with Crippen molar-refractivity contribution in [3.8, 4) is 22.5 Å². The second-order valence-electron chi connectivity index (χ2n) is 10.1. The maximum absolute atomic E-state index is 7.54. The van der Waals surface area contributed by atoms with Crippen LogP contribution in [0.4, 0.5) is 0 Å². The van der Waals surface area contributed by atoms with Gasteiger partial charge in [0.05, 0.1) is 13.7 Å². The van der Waals surface area contributed by atoms with E-state index in [1.165, 1.54) is 16.9 Å². The van der Waals surface area contributed by atoms with E-state index >= 15 is 0 Å². The van der Waals surface area contributed by atoms with Crippen molar-refractivity contribution in [2.45, 2.75) is 33.4 Å². The summed E-state index contributed by atoms with van der Waals surface area (Å²) in [6, 6.07) is 32.1. The molecule has 6 rings (SSSR count). The molecule has 6 aromatic rings. The molecular formula is C33H30IrN2OSi-2. The van der Waals surface area contributed by atoms with Crippen LogP contribution >= 0.6 is 0 Å². The van der Waals surface area contributed by atoms with Gasteiger partial charge in [0.1, 0.15) is 5.58 Å². The van der Waals surface area contributed by atoms with Crippen LogP contribution in [0.25, 0.3) is 44.5 Å². The van der Waals surface area contributed by atoms with E-state index in [0.29, 0.717) is 5.69 Å². The van der Waals surface area contributed by atoms with Crippen LogP contribution in [0, 0.1) is 25.9 Å². The van der Waals surface area contributed by atoms with E-state index in [1.807, 2.05) is 61.7 Å². The Balaban J connectivity index is 0.000000233. The Bertz CT molecular complexity index is 1760. The number of aromatic nitrogens is 2. The Morgan fingerprint density at radius 3 is 2.18 bits per heavy atom. The minimum atomic E-state index is -2.16. The normalized spacial score (nSPS) is 12.6. The molecule has 5 heteroatoms. The van der Waals surface area contributed by atoms with Crippen molar-refractivity contribution in [1.82, 2.24) is 9.97 Å². The van der Waals surface area contributed by atoms with Gasteiger partial charge in [0.15, 0.2) is 0 Å². The van der Waals surface area contributed by atoms with E-state index < -0.39 is 14.9 Å². The zero-order valence-electron chi connectivity index (χ0n) is 24.8. The molecule has 3 aromatic heterocycles. The first-order valence-electron chi connectivity index (χ1n) is 13.8. The first-order valence-corrected chi connectivity index (χ1v) is 15.8. The van der Waals surface area contributed by atoms with Gasteiger partial charge in [-0.15, -0.1) is 53.2 Å². The van der Waals surface area contributed by atoms with Crippen LogP contribution in [0.3, 0.4) is 0 Å². The summed E-state index contributed by atoms with van der Waals surface area (Å²) < 4.78 is 28.8. The monoisotopic (exact) mass is 694 g/mol. The fraction of sp³-hybridized carbons (Fsp3) is 0.152. The predicted molar refractivity (Wildman–Crippen MR) is 157 cm³/mol. The molecule has 38 heavy (non-hydrogen) atoms. The number of nitrogens with zero attached hydrogens (tertiary/aromatic N) is 2. The van der Waals surface area contributed by atoms with Crippen LogP contribution in [0.5, 0.6) is 0 Å². The number of pyridine rings is 2. The summed E-state index contributed by atoms with van der Waals surface area (Å²) in [7, 11) is -1.63. The molecule has 0 atom stereocenters. The molecule has 0 N–H and O–H groups in total. The van der Waals surface area contributed by atoms with Gasteiger partial charge in [0.2, 0.25) is 0 Å². The Labute approximate surface area is 243 Å². The van der Waals surface area contributed by atoms with Crippen LogP contribution in [-0.2, 0) is 20.1 Å². The average Bonchev–Trinajstić information content (AvgIpc) is 3.32. The summed E-state index contributed by atoms with van der Waals surface area (Å²) >= 11 is 0. The van der Waals surface area contributed by atoms with Crippen LogP contribution in [0.2, 0.25) is 19.6 Å². The third-order valence-corrected chi connectivity index (χ3v) is 8.02. The maximum Gasteiger partial charge on any atom is 0.120 e. The number of aryl methyl sites for hydroxylation is 2. The first-order chi connectivity index (χ1) is 19.0. The van der Waals surface area contributed by atoms with Crippen LogP contribution < -0.4 is 5.19 Å².